The molecule has 2 aromatic heterocycles. The molecule has 0 aliphatic heterocycles. The Bertz CT molecular complexity index is 730. The number of hydrogen-bond donors (Lipinski definition) is 0. The maximum absolute atomic E-state index is 12.3. The summed E-state index contributed by atoms with van der Waals surface area (Å²) in [5.41, 5.74) is 3.15. The highest BCUT2D eigenvalue weighted by Gasteiger charge is 2.24. The molecule has 0 radical (unpaired) electrons. The molecule has 0 fully saturated rings. The van der Waals surface area contributed by atoms with Crippen molar-refractivity contribution in [1.29, 1.82) is 5.26 Å². The molecule has 2 aromatic rings. The fraction of sp³-hybridized carbons (Fsp3) is 0.214. The lowest BCUT2D eigenvalue weighted by Gasteiger charge is -2.14. The van der Waals surface area contributed by atoms with Crippen LogP contribution in [-0.4, -0.2) is 15.6 Å². The Hall–Kier alpha value is -2.19. The number of carbonyl (C=O) groups excluding carboxylic acids is 1. The van der Waals surface area contributed by atoms with E-state index in [0.29, 0.717) is 11.1 Å². The van der Waals surface area contributed by atoms with Crippen LogP contribution < -0.4 is 0 Å². The fourth-order valence-electron chi connectivity index (χ4n) is 2.29. The summed E-state index contributed by atoms with van der Waals surface area (Å²) < 4.78 is 1.77. The van der Waals surface area contributed by atoms with Crippen LogP contribution in [0.4, 0.5) is 0 Å². The number of carbonyl (C=O) groups is 1. The van der Waals surface area contributed by atoms with Gasteiger partial charge in [0.1, 0.15) is 6.07 Å². The summed E-state index contributed by atoms with van der Waals surface area (Å²) in [5.74, 6) is 0.0567. The Balaban J connectivity index is 1.96. The molecule has 0 unspecified atom stereocenters. The summed E-state index contributed by atoms with van der Waals surface area (Å²) in [4.78, 5) is 13.3. The van der Waals surface area contributed by atoms with Gasteiger partial charge in [0.05, 0.1) is 17.3 Å². The van der Waals surface area contributed by atoms with Gasteiger partial charge in [0, 0.05) is 28.6 Å². The molecule has 94 valence electrons. The molecule has 0 bridgehead atoms. The van der Waals surface area contributed by atoms with E-state index in [0.717, 1.165) is 29.0 Å². The molecular weight excluding hydrogens is 258 g/mol. The van der Waals surface area contributed by atoms with Crippen LogP contribution in [0.15, 0.2) is 23.2 Å². The highest BCUT2D eigenvalue weighted by Crippen LogP contribution is 2.27. The molecule has 4 nitrogen and oxygen atoms in total. The minimum Gasteiger partial charge on any atom is -0.289 e. The highest BCUT2D eigenvalue weighted by molar-refractivity contribution is 7.11. The third-order valence-electron chi connectivity index (χ3n) is 3.29. The largest absolute Gasteiger partial charge is 0.289 e. The quantitative estimate of drug-likeness (QED) is 0.747. The molecule has 0 amide bonds. The standard InChI is InChI=1S/C14H11N3OS/c1-17-13-3-2-10(14(18)12(13)7-16-17)5-11-4-9(6-15)8-19-11/h4-5,7-8H,2-3H2,1H3/b10-5+. The van der Waals surface area contributed by atoms with Gasteiger partial charge in [-0.15, -0.1) is 11.3 Å². The van der Waals surface area contributed by atoms with Crippen LogP contribution in [0.2, 0.25) is 0 Å². The van der Waals surface area contributed by atoms with Gasteiger partial charge in [0.2, 0.25) is 0 Å². The minimum atomic E-state index is 0.0567. The van der Waals surface area contributed by atoms with E-state index in [1.165, 1.54) is 11.3 Å². The molecule has 0 spiro atoms. The van der Waals surface area contributed by atoms with Gasteiger partial charge in [-0.1, -0.05) is 0 Å². The van der Waals surface area contributed by atoms with E-state index >= 15 is 0 Å². The average molecular weight is 269 g/mol. The van der Waals surface area contributed by atoms with Gasteiger partial charge in [0.15, 0.2) is 5.78 Å². The average Bonchev–Trinajstić information content (AvgIpc) is 3.00. The number of aryl methyl sites for hydroxylation is 1. The lowest BCUT2D eigenvalue weighted by molar-refractivity contribution is 0.102. The second-order valence-electron chi connectivity index (χ2n) is 4.48. The first kappa shape index (κ1) is 11.9. The van der Waals surface area contributed by atoms with Gasteiger partial charge < -0.3 is 0 Å². The van der Waals surface area contributed by atoms with Gasteiger partial charge in [-0.2, -0.15) is 10.4 Å². The van der Waals surface area contributed by atoms with Crippen LogP contribution in [0.25, 0.3) is 6.08 Å². The Kier molecular flexibility index (Phi) is 2.80. The number of nitriles is 1. The number of rotatable bonds is 1. The van der Waals surface area contributed by atoms with E-state index in [-0.39, 0.29) is 5.78 Å². The fourth-order valence-corrected chi connectivity index (χ4v) is 3.07. The van der Waals surface area contributed by atoms with Crippen molar-refractivity contribution >= 4 is 23.2 Å². The van der Waals surface area contributed by atoms with E-state index < -0.39 is 0 Å². The molecule has 0 N–H and O–H groups in total. The highest BCUT2D eigenvalue weighted by atomic mass is 32.1. The van der Waals surface area contributed by atoms with E-state index in [9.17, 15) is 4.79 Å². The third kappa shape index (κ3) is 2.00. The second-order valence-corrected chi connectivity index (χ2v) is 5.42. The summed E-state index contributed by atoms with van der Waals surface area (Å²) in [6, 6.07) is 3.91. The molecule has 0 aromatic carbocycles. The summed E-state index contributed by atoms with van der Waals surface area (Å²) in [5, 5.41) is 14.7. The van der Waals surface area contributed by atoms with Crippen molar-refractivity contribution in [2.45, 2.75) is 12.8 Å². The Morgan fingerprint density at radius 1 is 1.53 bits per heavy atom. The Morgan fingerprint density at radius 3 is 3.11 bits per heavy atom. The SMILES string of the molecule is Cn1ncc2c1CC/C(=C\c1cc(C#N)cs1)C2=O. The normalized spacial score (nSPS) is 16.4. The summed E-state index contributed by atoms with van der Waals surface area (Å²) in [6.07, 6.45) is 5.09. The van der Waals surface area contributed by atoms with Crippen LogP contribution in [0, 0.1) is 11.3 Å². The van der Waals surface area contributed by atoms with Gasteiger partial charge in [0.25, 0.3) is 0 Å². The number of hydrogen-bond acceptors (Lipinski definition) is 4. The van der Waals surface area contributed by atoms with Crippen LogP contribution in [0.1, 0.15) is 32.9 Å². The topological polar surface area (TPSA) is 58.7 Å². The molecule has 0 atom stereocenters. The van der Waals surface area contributed by atoms with E-state index in [1.807, 2.05) is 19.2 Å². The predicted octanol–water partition coefficient (Wildman–Crippen LogP) is 2.57. The number of ketones is 1. The van der Waals surface area contributed by atoms with E-state index in [1.54, 1.807) is 16.3 Å². The summed E-state index contributed by atoms with van der Waals surface area (Å²) >= 11 is 1.48. The van der Waals surface area contributed by atoms with Crippen molar-refractivity contribution in [3.63, 3.8) is 0 Å². The van der Waals surface area contributed by atoms with Gasteiger partial charge in [-0.05, 0) is 25.0 Å². The number of thiophene rings is 1. The molecule has 1 aliphatic rings. The van der Waals surface area contributed by atoms with Gasteiger partial charge >= 0.3 is 0 Å². The predicted molar refractivity (Wildman–Crippen MR) is 72.9 cm³/mol. The van der Waals surface area contributed by atoms with Crippen molar-refractivity contribution in [3.8, 4) is 6.07 Å². The number of nitrogens with zero attached hydrogens (tertiary/aromatic N) is 3. The first-order chi connectivity index (χ1) is 9.19. The first-order valence-electron chi connectivity index (χ1n) is 5.94. The zero-order valence-corrected chi connectivity index (χ0v) is 11.2. The number of aromatic nitrogens is 2. The number of Topliss-reactive ketones (excluding diaryl/α,β-unsaturated/α-hetero) is 1. The molecule has 1 aliphatic carbocycles. The van der Waals surface area contributed by atoms with Crippen LogP contribution in [0.5, 0.6) is 0 Å². The van der Waals surface area contributed by atoms with Crippen molar-refractivity contribution in [1.82, 2.24) is 9.78 Å². The van der Waals surface area contributed by atoms with Crippen LogP contribution in [0.3, 0.4) is 0 Å². The zero-order chi connectivity index (χ0) is 13.4. The second kappa shape index (κ2) is 4.48. The van der Waals surface area contributed by atoms with Crippen LogP contribution in [-0.2, 0) is 13.5 Å². The Labute approximate surface area is 114 Å². The molecule has 0 saturated carbocycles. The zero-order valence-electron chi connectivity index (χ0n) is 10.4. The van der Waals surface area contributed by atoms with Gasteiger partial charge in [-0.25, -0.2) is 0 Å². The number of allylic oxidation sites excluding steroid dienone is 1. The summed E-state index contributed by atoms with van der Waals surface area (Å²) in [6.45, 7) is 0. The lowest BCUT2D eigenvalue weighted by atomic mass is 9.91. The van der Waals surface area contributed by atoms with Crippen molar-refractivity contribution < 1.29 is 4.79 Å². The van der Waals surface area contributed by atoms with Crippen molar-refractivity contribution in [2.75, 3.05) is 0 Å². The smallest absolute Gasteiger partial charge is 0.192 e. The third-order valence-corrected chi connectivity index (χ3v) is 4.17. The lowest BCUT2D eigenvalue weighted by Crippen LogP contribution is -2.14. The molecule has 0 saturated heterocycles. The molecule has 3 rings (SSSR count). The van der Waals surface area contributed by atoms with E-state index in [4.69, 9.17) is 5.26 Å². The minimum absolute atomic E-state index is 0.0567. The van der Waals surface area contributed by atoms with Crippen molar-refractivity contribution in [3.05, 3.63) is 44.9 Å². The maximum Gasteiger partial charge on any atom is 0.192 e. The Morgan fingerprint density at radius 2 is 2.37 bits per heavy atom. The van der Waals surface area contributed by atoms with Gasteiger partial charge in [-0.3, -0.25) is 9.48 Å². The maximum atomic E-state index is 12.3. The molecule has 5 heteroatoms. The van der Waals surface area contributed by atoms with Crippen molar-refractivity contribution in [2.24, 2.45) is 7.05 Å². The number of fused-ring (bicyclic) bond motifs is 1. The van der Waals surface area contributed by atoms with E-state index in [2.05, 4.69) is 11.2 Å². The monoisotopic (exact) mass is 269 g/mol. The first-order valence-corrected chi connectivity index (χ1v) is 6.82. The molecule has 2 heterocycles. The molecular formula is C14H11N3OS. The summed E-state index contributed by atoms with van der Waals surface area (Å²) in [7, 11) is 1.86. The van der Waals surface area contributed by atoms with Crippen LogP contribution >= 0.6 is 11.3 Å². The molecule has 19 heavy (non-hydrogen) atoms.